The zero-order chi connectivity index (χ0) is 14.3. The van der Waals surface area contributed by atoms with Crippen LogP contribution in [0.3, 0.4) is 0 Å². The number of rotatable bonds is 1. The van der Waals surface area contributed by atoms with Gasteiger partial charge in [0.05, 0.1) is 11.2 Å². The van der Waals surface area contributed by atoms with Crippen molar-refractivity contribution in [1.29, 1.82) is 0 Å². The van der Waals surface area contributed by atoms with E-state index in [0.717, 1.165) is 28.2 Å². The van der Waals surface area contributed by atoms with E-state index in [2.05, 4.69) is 9.97 Å². The number of aromatic nitrogens is 2. The Morgan fingerprint density at radius 2 is 1.80 bits per heavy atom. The number of hydrogen-bond donors (Lipinski definition) is 0. The second-order valence-corrected chi connectivity index (χ2v) is 4.74. The average Bonchev–Trinajstić information content (AvgIpc) is 2.40. The first-order valence-electron chi connectivity index (χ1n) is 6.24. The first kappa shape index (κ1) is 12.7. The quantitative estimate of drug-likeness (QED) is 0.662. The van der Waals surface area contributed by atoms with Crippen molar-refractivity contribution in [3.05, 3.63) is 59.4 Å². The van der Waals surface area contributed by atoms with E-state index in [1.54, 1.807) is 12.3 Å². The third-order valence-electron chi connectivity index (χ3n) is 3.37. The van der Waals surface area contributed by atoms with E-state index in [1.807, 2.05) is 19.9 Å². The van der Waals surface area contributed by atoms with Crippen molar-refractivity contribution in [1.82, 2.24) is 9.97 Å². The lowest BCUT2D eigenvalue weighted by Crippen LogP contribution is -1.94. The molecule has 0 bridgehead atoms. The molecule has 2 heterocycles. The van der Waals surface area contributed by atoms with E-state index in [9.17, 15) is 8.78 Å². The van der Waals surface area contributed by atoms with Gasteiger partial charge in [0.2, 0.25) is 0 Å². The zero-order valence-electron chi connectivity index (χ0n) is 11.1. The highest BCUT2D eigenvalue weighted by molar-refractivity contribution is 5.92. The molecule has 1 aromatic carbocycles. The van der Waals surface area contributed by atoms with Crippen molar-refractivity contribution in [3.63, 3.8) is 0 Å². The second kappa shape index (κ2) is 4.63. The van der Waals surface area contributed by atoms with E-state index in [1.165, 1.54) is 12.1 Å². The number of aryl methyl sites for hydroxylation is 2. The molecule has 100 valence electrons. The van der Waals surface area contributed by atoms with Gasteiger partial charge in [0.25, 0.3) is 0 Å². The minimum absolute atomic E-state index is 0.280. The summed E-state index contributed by atoms with van der Waals surface area (Å²) >= 11 is 0. The van der Waals surface area contributed by atoms with Gasteiger partial charge < -0.3 is 0 Å². The maximum Gasteiger partial charge on any atom is 0.135 e. The summed E-state index contributed by atoms with van der Waals surface area (Å²) in [6.45, 7) is 3.87. The summed E-state index contributed by atoms with van der Waals surface area (Å²) in [7, 11) is 0. The molecule has 0 radical (unpaired) electrons. The topological polar surface area (TPSA) is 25.8 Å². The normalized spacial score (nSPS) is 11.0. The summed E-state index contributed by atoms with van der Waals surface area (Å²) in [4.78, 5) is 8.71. The van der Waals surface area contributed by atoms with E-state index in [4.69, 9.17) is 0 Å². The van der Waals surface area contributed by atoms with Crippen molar-refractivity contribution >= 4 is 10.9 Å². The monoisotopic (exact) mass is 270 g/mol. The number of halogens is 2. The average molecular weight is 270 g/mol. The predicted molar refractivity (Wildman–Crippen MR) is 74.4 cm³/mol. The Morgan fingerprint density at radius 3 is 2.55 bits per heavy atom. The molecule has 0 atom stereocenters. The van der Waals surface area contributed by atoms with Crippen molar-refractivity contribution < 1.29 is 8.78 Å². The fourth-order valence-electron chi connectivity index (χ4n) is 2.19. The first-order chi connectivity index (χ1) is 9.56. The second-order valence-electron chi connectivity index (χ2n) is 4.74. The molecule has 3 rings (SSSR count). The maximum absolute atomic E-state index is 13.9. The molecule has 20 heavy (non-hydrogen) atoms. The van der Waals surface area contributed by atoms with Crippen LogP contribution >= 0.6 is 0 Å². The van der Waals surface area contributed by atoms with Gasteiger partial charge in [0.15, 0.2) is 0 Å². The van der Waals surface area contributed by atoms with Gasteiger partial charge in [-0.3, -0.25) is 9.97 Å². The lowest BCUT2D eigenvalue weighted by molar-refractivity contribution is 0.585. The molecule has 0 N–H and O–H groups in total. The lowest BCUT2D eigenvalue weighted by atomic mass is 10.0. The molecule has 0 aliphatic rings. The Morgan fingerprint density at radius 1 is 1.00 bits per heavy atom. The molecule has 3 aromatic rings. The molecular formula is C16H12F2N2. The molecule has 0 saturated carbocycles. The van der Waals surface area contributed by atoms with Crippen LogP contribution in [0.1, 0.15) is 11.3 Å². The maximum atomic E-state index is 13.9. The number of fused-ring (bicyclic) bond motifs is 1. The largest absolute Gasteiger partial charge is 0.255 e. The Labute approximate surface area is 115 Å². The minimum atomic E-state index is -0.622. The van der Waals surface area contributed by atoms with Crippen LogP contribution in [0.5, 0.6) is 0 Å². The Kier molecular flexibility index (Phi) is 2.93. The third kappa shape index (κ3) is 2.03. The van der Waals surface area contributed by atoms with Crippen LogP contribution in [0.25, 0.3) is 22.2 Å². The number of benzene rings is 1. The van der Waals surface area contributed by atoms with Gasteiger partial charge in [-0.1, -0.05) is 0 Å². The van der Waals surface area contributed by atoms with Crippen LogP contribution in [0.2, 0.25) is 0 Å². The highest BCUT2D eigenvalue weighted by Crippen LogP contribution is 2.29. The van der Waals surface area contributed by atoms with Gasteiger partial charge in [-0.2, -0.15) is 0 Å². The molecule has 2 nitrogen and oxygen atoms in total. The van der Waals surface area contributed by atoms with E-state index >= 15 is 0 Å². The predicted octanol–water partition coefficient (Wildman–Crippen LogP) is 4.19. The fourth-order valence-corrected chi connectivity index (χ4v) is 2.19. The lowest BCUT2D eigenvalue weighted by Gasteiger charge is -2.09. The zero-order valence-corrected chi connectivity index (χ0v) is 11.1. The molecule has 0 aliphatic heterocycles. The van der Waals surface area contributed by atoms with Crippen LogP contribution < -0.4 is 0 Å². The van der Waals surface area contributed by atoms with Crippen molar-refractivity contribution in [2.45, 2.75) is 13.8 Å². The van der Waals surface area contributed by atoms with Crippen LogP contribution in [-0.4, -0.2) is 9.97 Å². The summed E-state index contributed by atoms with van der Waals surface area (Å²) < 4.78 is 27.0. The Hall–Kier alpha value is -2.36. The molecule has 0 spiro atoms. The SMILES string of the molecule is Cc1cc2c(-c3ccc(F)cc3F)nccc2nc1C. The van der Waals surface area contributed by atoms with Crippen LogP contribution in [0.15, 0.2) is 36.5 Å². The van der Waals surface area contributed by atoms with Crippen LogP contribution in [0.4, 0.5) is 8.78 Å². The fraction of sp³-hybridized carbons (Fsp3) is 0.125. The summed E-state index contributed by atoms with van der Waals surface area (Å²) in [5, 5.41) is 0.765. The van der Waals surface area contributed by atoms with Crippen molar-refractivity contribution in [2.75, 3.05) is 0 Å². The van der Waals surface area contributed by atoms with Crippen molar-refractivity contribution in [3.8, 4) is 11.3 Å². The molecule has 0 saturated heterocycles. The smallest absolute Gasteiger partial charge is 0.135 e. The van der Waals surface area contributed by atoms with Gasteiger partial charge in [0.1, 0.15) is 11.6 Å². The van der Waals surface area contributed by atoms with Gasteiger partial charge in [-0.05, 0) is 43.7 Å². The molecule has 0 fully saturated rings. The standard InChI is InChI=1S/C16H12F2N2/c1-9-7-13-15(20-10(9)2)5-6-19-16(13)12-4-3-11(17)8-14(12)18/h3-8H,1-2H3. The van der Waals surface area contributed by atoms with Crippen molar-refractivity contribution in [2.24, 2.45) is 0 Å². The number of pyridine rings is 2. The molecule has 0 aliphatic carbocycles. The third-order valence-corrected chi connectivity index (χ3v) is 3.37. The van der Waals surface area contributed by atoms with Gasteiger partial charge in [0, 0.05) is 28.9 Å². The number of hydrogen-bond acceptors (Lipinski definition) is 2. The summed E-state index contributed by atoms with van der Waals surface area (Å²) in [5.74, 6) is -1.22. The van der Waals surface area contributed by atoms with Crippen LogP contribution in [0, 0.1) is 25.5 Å². The van der Waals surface area contributed by atoms with E-state index in [-0.39, 0.29) is 5.56 Å². The van der Waals surface area contributed by atoms with E-state index in [0.29, 0.717) is 5.69 Å². The summed E-state index contributed by atoms with van der Waals surface area (Å²) in [5.41, 5.74) is 3.45. The molecule has 4 heteroatoms. The number of nitrogens with zero attached hydrogens (tertiary/aromatic N) is 2. The Balaban J connectivity index is 2.33. The van der Waals surface area contributed by atoms with Crippen LogP contribution in [-0.2, 0) is 0 Å². The highest BCUT2D eigenvalue weighted by Gasteiger charge is 2.12. The first-order valence-corrected chi connectivity index (χ1v) is 6.24. The van der Waals surface area contributed by atoms with Gasteiger partial charge in [-0.15, -0.1) is 0 Å². The van der Waals surface area contributed by atoms with Gasteiger partial charge in [-0.25, -0.2) is 8.78 Å². The summed E-state index contributed by atoms with van der Waals surface area (Å²) in [6.07, 6.45) is 1.59. The highest BCUT2D eigenvalue weighted by atomic mass is 19.1. The summed E-state index contributed by atoms with van der Waals surface area (Å²) in [6, 6.07) is 7.22. The molecule has 0 unspecified atom stereocenters. The van der Waals surface area contributed by atoms with Gasteiger partial charge >= 0.3 is 0 Å². The van der Waals surface area contributed by atoms with E-state index < -0.39 is 11.6 Å². The molecule has 0 amide bonds. The minimum Gasteiger partial charge on any atom is -0.255 e. The molecular weight excluding hydrogens is 258 g/mol. The Bertz CT molecular complexity index is 813. The molecule has 2 aromatic heterocycles.